The van der Waals surface area contributed by atoms with Crippen molar-refractivity contribution in [3.8, 4) is 0 Å². The van der Waals surface area contributed by atoms with Gasteiger partial charge in [0, 0.05) is 25.4 Å². The molecule has 2 aliphatic carbocycles. The van der Waals surface area contributed by atoms with E-state index >= 15 is 0 Å². The summed E-state index contributed by atoms with van der Waals surface area (Å²) in [5, 5.41) is 20.2. The number of aliphatic hydroxyl groups is 2. The van der Waals surface area contributed by atoms with Crippen LogP contribution in [0.25, 0.3) is 0 Å². The van der Waals surface area contributed by atoms with Crippen LogP contribution in [-0.4, -0.2) is 28.2 Å². The van der Waals surface area contributed by atoms with Crippen molar-refractivity contribution in [1.29, 1.82) is 0 Å². The van der Waals surface area contributed by atoms with Crippen LogP contribution in [0.4, 0.5) is 0 Å². The SMILES string of the molecule is CC1(C)CC(=O)C[C@]2(C)[C@@H](CO)[C@](C)(O)CC[C@@H]12. The van der Waals surface area contributed by atoms with Crippen LogP contribution in [0.15, 0.2) is 0 Å². The number of hydrogen-bond acceptors (Lipinski definition) is 3. The van der Waals surface area contributed by atoms with Crippen LogP contribution in [0.3, 0.4) is 0 Å². The molecule has 0 aromatic carbocycles. The van der Waals surface area contributed by atoms with Crippen molar-refractivity contribution in [2.45, 2.75) is 59.0 Å². The quantitative estimate of drug-likeness (QED) is 0.754. The molecular formula is C15H26O3. The Morgan fingerprint density at radius 2 is 1.83 bits per heavy atom. The number of aliphatic hydroxyl groups excluding tert-OH is 1. The number of rotatable bonds is 1. The first kappa shape index (κ1) is 14.0. The number of hydrogen-bond donors (Lipinski definition) is 2. The summed E-state index contributed by atoms with van der Waals surface area (Å²) in [4.78, 5) is 12.0. The van der Waals surface area contributed by atoms with E-state index in [-0.39, 0.29) is 29.1 Å². The van der Waals surface area contributed by atoms with Gasteiger partial charge in [-0.2, -0.15) is 0 Å². The lowest BCUT2D eigenvalue weighted by molar-refractivity contribution is -0.182. The average Bonchev–Trinajstić information content (AvgIpc) is 2.12. The van der Waals surface area contributed by atoms with Gasteiger partial charge in [0.2, 0.25) is 0 Å². The summed E-state index contributed by atoms with van der Waals surface area (Å²) in [6, 6.07) is 0. The lowest BCUT2D eigenvalue weighted by atomic mass is 9.45. The normalized spacial score (nSPS) is 47.8. The number of Topliss-reactive ketones (excluding diaryl/α,β-unsaturated/α-hetero) is 1. The lowest BCUT2D eigenvalue weighted by Crippen LogP contribution is -2.60. The zero-order valence-electron chi connectivity index (χ0n) is 12.0. The first-order valence-electron chi connectivity index (χ1n) is 6.98. The Balaban J connectivity index is 2.44. The van der Waals surface area contributed by atoms with Crippen LogP contribution in [0.1, 0.15) is 53.4 Å². The van der Waals surface area contributed by atoms with Crippen molar-refractivity contribution in [1.82, 2.24) is 0 Å². The Kier molecular flexibility index (Phi) is 3.14. The Morgan fingerprint density at radius 1 is 1.22 bits per heavy atom. The number of carbonyl (C=O) groups is 1. The second kappa shape index (κ2) is 4.04. The molecule has 3 heteroatoms. The van der Waals surface area contributed by atoms with Gasteiger partial charge in [-0.25, -0.2) is 0 Å². The third kappa shape index (κ3) is 1.92. The molecule has 0 aromatic heterocycles. The Morgan fingerprint density at radius 3 is 2.39 bits per heavy atom. The molecule has 0 aromatic rings. The van der Waals surface area contributed by atoms with E-state index in [1.54, 1.807) is 6.92 Å². The van der Waals surface area contributed by atoms with Crippen LogP contribution < -0.4 is 0 Å². The van der Waals surface area contributed by atoms with E-state index in [4.69, 9.17) is 0 Å². The molecule has 2 aliphatic rings. The molecule has 0 bridgehead atoms. The van der Waals surface area contributed by atoms with E-state index in [9.17, 15) is 15.0 Å². The van der Waals surface area contributed by atoms with Crippen molar-refractivity contribution in [3.63, 3.8) is 0 Å². The van der Waals surface area contributed by atoms with Gasteiger partial charge in [-0.1, -0.05) is 20.8 Å². The zero-order chi connectivity index (χ0) is 13.8. The minimum absolute atomic E-state index is 0.0198. The highest BCUT2D eigenvalue weighted by Crippen LogP contribution is 2.60. The van der Waals surface area contributed by atoms with Gasteiger partial charge in [0.15, 0.2) is 0 Å². The summed E-state index contributed by atoms with van der Waals surface area (Å²) >= 11 is 0. The molecule has 0 radical (unpaired) electrons. The summed E-state index contributed by atoms with van der Waals surface area (Å²) in [5.41, 5.74) is -1.14. The highest BCUT2D eigenvalue weighted by molar-refractivity contribution is 5.81. The molecule has 0 heterocycles. The zero-order valence-corrected chi connectivity index (χ0v) is 12.0. The molecule has 104 valence electrons. The summed E-state index contributed by atoms with van der Waals surface area (Å²) in [6.45, 7) is 8.17. The summed E-state index contributed by atoms with van der Waals surface area (Å²) < 4.78 is 0. The van der Waals surface area contributed by atoms with Gasteiger partial charge in [0.1, 0.15) is 5.78 Å². The predicted octanol–water partition coefficient (Wildman–Crippen LogP) is 2.15. The van der Waals surface area contributed by atoms with E-state index in [0.29, 0.717) is 18.8 Å². The lowest BCUT2D eigenvalue weighted by Gasteiger charge is -2.60. The molecule has 2 N–H and O–H groups in total. The van der Waals surface area contributed by atoms with Crippen molar-refractivity contribution >= 4 is 5.78 Å². The van der Waals surface area contributed by atoms with Gasteiger partial charge >= 0.3 is 0 Å². The topological polar surface area (TPSA) is 57.5 Å². The third-order valence-corrected chi connectivity index (χ3v) is 5.64. The Bertz CT molecular complexity index is 355. The molecule has 2 saturated carbocycles. The maximum absolute atomic E-state index is 12.0. The number of fused-ring (bicyclic) bond motifs is 1. The van der Waals surface area contributed by atoms with E-state index in [1.807, 2.05) is 0 Å². The van der Waals surface area contributed by atoms with Gasteiger partial charge in [0.25, 0.3) is 0 Å². The van der Waals surface area contributed by atoms with Gasteiger partial charge < -0.3 is 10.2 Å². The van der Waals surface area contributed by atoms with E-state index < -0.39 is 5.60 Å². The van der Waals surface area contributed by atoms with Crippen LogP contribution in [0.5, 0.6) is 0 Å². The second-order valence-electron chi connectivity index (χ2n) is 7.57. The van der Waals surface area contributed by atoms with Crippen LogP contribution in [0, 0.1) is 22.7 Å². The average molecular weight is 254 g/mol. The maximum atomic E-state index is 12.0. The fourth-order valence-corrected chi connectivity index (χ4v) is 4.95. The Labute approximate surface area is 110 Å². The fraction of sp³-hybridized carbons (Fsp3) is 0.933. The van der Waals surface area contributed by atoms with Crippen LogP contribution >= 0.6 is 0 Å². The minimum Gasteiger partial charge on any atom is -0.396 e. The van der Waals surface area contributed by atoms with Crippen LogP contribution in [-0.2, 0) is 4.79 Å². The molecule has 3 nitrogen and oxygen atoms in total. The first-order chi connectivity index (χ1) is 8.13. The van der Waals surface area contributed by atoms with Gasteiger partial charge in [0.05, 0.1) is 5.60 Å². The smallest absolute Gasteiger partial charge is 0.134 e. The molecule has 18 heavy (non-hydrogen) atoms. The van der Waals surface area contributed by atoms with E-state index in [0.717, 1.165) is 12.8 Å². The van der Waals surface area contributed by atoms with Crippen molar-refractivity contribution in [2.75, 3.05) is 6.61 Å². The van der Waals surface area contributed by atoms with E-state index in [1.165, 1.54) is 0 Å². The molecule has 2 rings (SSSR count). The number of ketones is 1. The summed E-state index contributed by atoms with van der Waals surface area (Å²) in [5.74, 6) is 0.474. The molecule has 0 spiro atoms. The van der Waals surface area contributed by atoms with Crippen LogP contribution in [0.2, 0.25) is 0 Å². The summed E-state index contributed by atoms with van der Waals surface area (Å²) in [6.07, 6.45) is 2.80. The molecule has 0 amide bonds. The second-order valence-corrected chi connectivity index (χ2v) is 7.57. The minimum atomic E-state index is -0.853. The molecule has 4 atom stereocenters. The first-order valence-corrected chi connectivity index (χ1v) is 6.98. The highest BCUT2D eigenvalue weighted by atomic mass is 16.3. The maximum Gasteiger partial charge on any atom is 0.134 e. The van der Waals surface area contributed by atoms with Crippen molar-refractivity contribution < 1.29 is 15.0 Å². The fourth-order valence-electron chi connectivity index (χ4n) is 4.95. The van der Waals surface area contributed by atoms with Gasteiger partial charge in [-0.3, -0.25) is 4.79 Å². The Hall–Kier alpha value is -0.410. The molecule has 0 unspecified atom stereocenters. The molecular weight excluding hydrogens is 228 g/mol. The van der Waals surface area contributed by atoms with E-state index in [2.05, 4.69) is 20.8 Å². The standard InChI is InChI=1S/C15H26O3/c1-13(2)7-10(17)8-14(3)11(13)5-6-15(4,18)12(14)9-16/h11-12,16,18H,5-9H2,1-4H3/t11-,12+,14-,15+/m0/s1. The monoisotopic (exact) mass is 254 g/mol. The molecule has 0 aliphatic heterocycles. The van der Waals surface area contributed by atoms with Crippen molar-refractivity contribution in [3.05, 3.63) is 0 Å². The van der Waals surface area contributed by atoms with Gasteiger partial charge in [-0.15, -0.1) is 0 Å². The number of carbonyl (C=O) groups excluding carboxylic acids is 1. The predicted molar refractivity (Wildman–Crippen MR) is 70.1 cm³/mol. The molecule has 0 saturated heterocycles. The molecule has 2 fully saturated rings. The summed E-state index contributed by atoms with van der Waals surface area (Å²) in [7, 11) is 0. The van der Waals surface area contributed by atoms with Gasteiger partial charge in [-0.05, 0) is 36.5 Å². The third-order valence-electron chi connectivity index (χ3n) is 5.64. The van der Waals surface area contributed by atoms with Crippen molar-refractivity contribution in [2.24, 2.45) is 22.7 Å². The largest absolute Gasteiger partial charge is 0.396 e. The highest BCUT2D eigenvalue weighted by Gasteiger charge is 2.59.